The van der Waals surface area contributed by atoms with E-state index in [1.165, 1.54) is 0 Å². The predicted octanol–water partition coefficient (Wildman–Crippen LogP) is 3.88. The van der Waals surface area contributed by atoms with Crippen molar-refractivity contribution in [2.45, 2.75) is 0 Å². The van der Waals surface area contributed by atoms with E-state index in [1.807, 2.05) is 24.3 Å². The van der Waals surface area contributed by atoms with E-state index in [4.69, 9.17) is 25.5 Å². The monoisotopic (exact) mass is 273 g/mol. The van der Waals surface area contributed by atoms with Crippen molar-refractivity contribution in [3.8, 4) is 22.8 Å². The van der Waals surface area contributed by atoms with Gasteiger partial charge >= 0.3 is 0 Å². The largest absolute Gasteiger partial charge is 0.454 e. The van der Waals surface area contributed by atoms with Crippen molar-refractivity contribution < 1.29 is 13.9 Å². The molecular formula is C14H8ClNO3. The SMILES string of the molecule is Clc1ccnc2cc(-c3ccc4c(c3)OCO4)oc12. The van der Waals surface area contributed by atoms with Crippen LogP contribution in [0.15, 0.2) is 40.9 Å². The first-order valence-electron chi connectivity index (χ1n) is 5.75. The zero-order valence-electron chi connectivity index (χ0n) is 9.72. The van der Waals surface area contributed by atoms with Gasteiger partial charge in [-0.3, -0.25) is 4.98 Å². The number of nitrogens with zero attached hydrogens (tertiary/aromatic N) is 1. The molecule has 0 spiro atoms. The topological polar surface area (TPSA) is 44.5 Å². The molecule has 1 aliphatic rings. The second kappa shape index (κ2) is 3.90. The van der Waals surface area contributed by atoms with Crippen LogP contribution in [0.25, 0.3) is 22.4 Å². The van der Waals surface area contributed by atoms with Gasteiger partial charge in [-0.1, -0.05) is 11.6 Å². The Hall–Kier alpha value is -2.20. The van der Waals surface area contributed by atoms with Crippen molar-refractivity contribution in [2.24, 2.45) is 0 Å². The molecule has 3 heterocycles. The molecule has 94 valence electrons. The van der Waals surface area contributed by atoms with Crippen LogP contribution in [0.4, 0.5) is 0 Å². The molecule has 19 heavy (non-hydrogen) atoms. The van der Waals surface area contributed by atoms with E-state index in [-0.39, 0.29) is 6.79 Å². The van der Waals surface area contributed by atoms with Gasteiger partial charge in [0, 0.05) is 17.8 Å². The van der Waals surface area contributed by atoms with Crippen LogP contribution in [0.1, 0.15) is 0 Å². The minimum Gasteiger partial charge on any atom is -0.454 e. The zero-order valence-corrected chi connectivity index (χ0v) is 10.5. The van der Waals surface area contributed by atoms with E-state index in [1.54, 1.807) is 12.3 Å². The van der Waals surface area contributed by atoms with Crippen LogP contribution in [-0.4, -0.2) is 11.8 Å². The van der Waals surface area contributed by atoms with Gasteiger partial charge in [0.2, 0.25) is 6.79 Å². The summed E-state index contributed by atoms with van der Waals surface area (Å²) in [6.07, 6.45) is 1.66. The van der Waals surface area contributed by atoms with Gasteiger partial charge < -0.3 is 13.9 Å². The molecule has 3 aromatic rings. The number of hydrogen-bond acceptors (Lipinski definition) is 4. The van der Waals surface area contributed by atoms with E-state index < -0.39 is 0 Å². The Morgan fingerprint density at radius 2 is 1.95 bits per heavy atom. The van der Waals surface area contributed by atoms with Crippen LogP contribution in [0.5, 0.6) is 11.5 Å². The molecule has 1 aromatic carbocycles. The number of hydrogen-bond donors (Lipinski definition) is 0. The number of halogens is 1. The molecule has 0 amide bonds. The van der Waals surface area contributed by atoms with Crippen molar-refractivity contribution in [1.82, 2.24) is 4.98 Å². The molecule has 4 nitrogen and oxygen atoms in total. The molecule has 0 radical (unpaired) electrons. The lowest BCUT2D eigenvalue weighted by Crippen LogP contribution is -1.92. The van der Waals surface area contributed by atoms with E-state index >= 15 is 0 Å². The molecule has 0 fully saturated rings. The molecule has 5 heteroatoms. The molecule has 0 saturated carbocycles. The maximum atomic E-state index is 6.07. The molecule has 0 aliphatic carbocycles. The lowest BCUT2D eigenvalue weighted by Gasteiger charge is -1.99. The van der Waals surface area contributed by atoms with Gasteiger partial charge in [0.05, 0.1) is 5.02 Å². The number of benzene rings is 1. The molecule has 4 rings (SSSR count). The summed E-state index contributed by atoms with van der Waals surface area (Å²) in [5, 5.41) is 0.553. The van der Waals surface area contributed by atoms with E-state index in [9.17, 15) is 0 Å². The summed E-state index contributed by atoms with van der Waals surface area (Å²) in [5.74, 6) is 2.17. The highest BCUT2D eigenvalue weighted by Crippen LogP contribution is 2.37. The average molecular weight is 274 g/mol. The Balaban J connectivity index is 1.88. The fraction of sp³-hybridized carbons (Fsp3) is 0.0714. The van der Waals surface area contributed by atoms with E-state index in [0.717, 1.165) is 22.6 Å². The quantitative estimate of drug-likeness (QED) is 0.675. The molecular weight excluding hydrogens is 266 g/mol. The van der Waals surface area contributed by atoms with Crippen LogP contribution in [-0.2, 0) is 0 Å². The summed E-state index contributed by atoms with van der Waals surface area (Å²) in [6.45, 7) is 0.256. The van der Waals surface area contributed by atoms with Gasteiger partial charge in [-0.25, -0.2) is 0 Å². The first-order chi connectivity index (χ1) is 9.31. The summed E-state index contributed by atoms with van der Waals surface area (Å²) in [4.78, 5) is 4.23. The highest BCUT2D eigenvalue weighted by molar-refractivity contribution is 6.34. The molecule has 0 unspecified atom stereocenters. The van der Waals surface area contributed by atoms with Gasteiger partial charge in [0.1, 0.15) is 11.3 Å². The summed E-state index contributed by atoms with van der Waals surface area (Å²) in [5.41, 5.74) is 2.23. The minimum absolute atomic E-state index is 0.256. The summed E-state index contributed by atoms with van der Waals surface area (Å²) >= 11 is 6.07. The lowest BCUT2D eigenvalue weighted by molar-refractivity contribution is 0.174. The van der Waals surface area contributed by atoms with Crippen LogP contribution < -0.4 is 9.47 Å². The average Bonchev–Trinajstić information content (AvgIpc) is 3.04. The van der Waals surface area contributed by atoms with Crippen molar-refractivity contribution >= 4 is 22.7 Å². The first-order valence-corrected chi connectivity index (χ1v) is 6.13. The van der Waals surface area contributed by atoms with E-state index in [0.29, 0.717) is 16.4 Å². The maximum absolute atomic E-state index is 6.07. The van der Waals surface area contributed by atoms with Crippen LogP contribution >= 0.6 is 11.6 Å². The van der Waals surface area contributed by atoms with Crippen molar-refractivity contribution in [3.05, 3.63) is 41.6 Å². The second-order valence-corrected chi connectivity index (χ2v) is 4.59. The lowest BCUT2D eigenvalue weighted by atomic mass is 10.1. The molecule has 0 N–H and O–H groups in total. The second-order valence-electron chi connectivity index (χ2n) is 4.19. The molecule has 1 aliphatic heterocycles. The molecule has 2 aromatic heterocycles. The number of pyridine rings is 1. The van der Waals surface area contributed by atoms with Crippen molar-refractivity contribution in [3.63, 3.8) is 0 Å². The fourth-order valence-corrected chi connectivity index (χ4v) is 2.29. The number of aromatic nitrogens is 1. The highest BCUT2D eigenvalue weighted by atomic mass is 35.5. The standard InChI is InChI=1S/C14H8ClNO3/c15-9-3-4-16-10-6-12(19-14(9)10)8-1-2-11-13(5-8)18-7-17-11/h1-6H,7H2. The van der Waals surface area contributed by atoms with Crippen molar-refractivity contribution in [2.75, 3.05) is 6.79 Å². The van der Waals surface area contributed by atoms with E-state index in [2.05, 4.69) is 4.98 Å². The minimum atomic E-state index is 0.256. The number of fused-ring (bicyclic) bond motifs is 2. The van der Waals surface area contributed by atoms with Crippen LogP contribution in [0.2, 0.25) is 5.02 Å². The van der Waals surface area contributed by atoms with Crippen molar-refractivity contribution in [1.29, 1.82) is 0 Å². The Kier molecular flexibility index (Phi) is 2.19. The Labute approximate surface area is 113 Å². The maximum Gasteiger partial charge on any atom is 0.231 e. The molecule has 0 atom stereocenters. The third-order valence-electron chi connectivity index (χ3n) is 3.02. The Morgan fingerprint density at radius 1 is 1.05 bits per heavy atom. The van der Waals surface area contributed by atoms with Crippen LogP contribution in [0, 0.1) is 0 Å². The zero-order chi connectivity index (χ0) is 12.8. The predicted molar refractivity (Wildman–Crippen MR) is 70.6 cm³/mol. The molecule has 0 saturated heterocycles. The number of rotatable bonds is 1. The van der Waals surface area contributed by atoms with Gasteiger partial charge in [0.25, 0.3) is 0 Å². The Bertz CT molecular complexity index is 781. The third kappa shape index (κ3) is 1.64. The van der Waals surface area contributed by atoms with Gasteiger partial charge in [-0.15, -0.1) is 0 Å². The summed E-state index contributed by atoms with van der Waals surface area (Å²) in [6, 6.07) is 9.22. The third-order valence-corrected chi connectivity index (χ3v) is 3.32. The smallest absolute Gasteiger partial charge is 0.231 e. The summed E-state index contributed by atoms with van der Waals surface area (Å²) in [7, 11) is 0. The van der Waals surface area contributed by atoms with Gasteiger partial charge in [-0.05, 0) is 24.3 Å². The highest BCUT2D eigenvalue weighted by Gasteiger charge is 2.16. The van der Waals surface area contributed by atoms with Gasteiger partial charge in [-0.2, -0.15) is 0 Å². The fourth-order valence-electron chi connectivity index (χ4n) is 2.10. The number of ether oxygens (including phenoxy) is 2. The first kappa shape index (κ1) is 10.7. The number of furan rings is 1. The normalized spacial score (nSPS) is 13.1. The molecule has 0 bridgehead atoms. The van der Waals surface area contributed by atoms with Crippen LogP contribution in [0.3, 0.4) is 0 Å². The summed E-state index contributed by atoms with van der Waals surface area (Å²) < 4.78 is 16.4. The Morgan fingerprint density at radius 3 is 2.84 bits per heavy atom. The van der Waals surface area contributed by atoms with Gasteiger partial charge in [0.15, 0.2) is 17.1 Å².